The van der Waals surface area contributed by atoms with Gasteiger partial charge in [-0.15, -0.1) is 11.3 Å². The van der Waals surface area contributed by atoms with Crippen molar-refractivity contribution in [3.05, 3.63) is 21.4 Å². The number of aliphatic carboxylic acids is 1. The molecule has 0 amide bonds. The lowest BCUT2D eigenvalue weighted by Crippen LogP contribution is -1.86. The molecule has 0 saturated heterocycles. The Kier molecular flexibility index (Phi) is 3.08. The minimum atomic E-state index is -1.06. The minimum Gasteiger partial charge on any atom is -0.472 e. The third-order valence-electron chi connectivity index (χ3n) is 2.54. The number of fused-ring (bicyclic) bond motifs is 1. The monoisotopic (exact) mass is 220 g/mol. The van der Waals surface area contributed by atoms with Crippen LogP contribution in [-0.4, -0.2) is 11.1 Å². The van der Waals surface area contributed by atoms with Crippen molar-refractivity contribution in [1.29, 1.82) is 0 Å². The number of carbonyl (C=O) groups is 1. The van der Waals surface area contributed by atoms with E-state index in [2.05, 4.69) is 17.9 Å². The first-order valence-corrected chi connectivity index (χ1v) is 5.94. The standard InChI is InChI=1S/C12H12O2S/c13-12(14)7-6-10-8-9-4-2-1-3-5-11(9)15-10/h8H,1-5H2,(H,13,14). The van der Waals surface area contributed by atoms with Gasteiger partial charge in [-0.1, -0.05) is 6.42 Å². The van der Waals surface area contributed by atoms with E-state index < -0.39 is 5.97 Å². The molecule has 0 fully saturated rings. The Morgan fingerprint density at radius 1 is 1.33 bits per heavy atom. The number of rotatable bonds is 0. The second kappa shape index (κ2) is 4.50. The van der Waals surface area contributed by atoms with Crippen LogP contribution in [0.25, 0.3) is 0 Å². The summed E-state index contributed by atoms with van der Waals surface area (Å²) >= 11 is 1.65. The summed E-state index contributed by atoms with van der Waals surface area (Å²) in [6.07, 6.45) is 6.06. The van der Waals surface area contributed by atoms with E-state index in [0.717, 1.165) is 17.7 Å². The summed E-state index contributed by atoms with van der Waals surface area (Å²) in [5.41, 5.74) is 1.38. The Hall–Kier alpha value is -1.27. The Bertz CT molecular complexity index is 411. The van der Waals surface area contributed by atoms with E-state index >= 15 is 0 Å². The zero-order chi connectivity index (χ0) is 10.7. The maximum absolute atomic E-state index is 10.3. The third kappa shape index (κ3) is 2.60. The number of hydrogen-bond acceptors (Lipinski definition) is 2. The minimum absolute atomic E-state index is 0.893. The van der Waals surface area contributed by atoms with Gasteiger partial charge in [0.15, 0.2) is 0 Å². The normalized spacial score (nSPS) is 14.7. The fraction of sp³-hybridized carbons (Fsp3) is 0.417. The topological polar surface area (TPSA) is 37.3 Å². The highest BCUT2D eigenvalue weighted by Crippen LogP contribution is 2.28. The molecule has 0 radical (unpaired) electrons. The van der Waals surface area contributed by atoms with Crippen molar-refractivity contribution in [3.63, 3.8) is 0 Å². The quantitative estimate of drug-likeness (QED) is 0.538. The largest absolute Gasteiger partial charge is 0.472 e. The van der Waals surface area contributed by atoms with Crippen molar-refractivity contribution < 1.29 is 9.90 Å². The van der Waals surface area contributed by atoms with E-state index in [1.807, 2.05) is 0 Å². The van der Waals surface area contributed by atoms with Crippen LogP contribution in [0.3, 0.4) is 0 Å². The molecule has 1 aliphatic carbocycles. The van der Waals surface area contributed by atoms with Crippen molar-refractivity contribution in [3.8, 4) is 11.8 Å². The average molecular weight is 220 g/mol. The van der Waals surface area contributed by atoms with Gasteiger partial charge in [0.25, 0.3) is 0 Å². The van der Waals surface area contributed by atoms with E-state index in [1.165, 1.54) is 29.7 Å². The molecule has 2 nitrogen and oxygen atoms in total. The second-order valence-corrected chi connectivity index (χ2v) is 4.81. The summed E-state index contributed by atoms with van der Waals surface area (Å²) < 4.78 is 0. The van der Waals surface area contributed by atoms with Crippen molar-refractivity contribution in [2.45, 2.75) is 32.1 Å². The first kappa shape index (κ1) is 10.3. The molecule has 0 aliphatic heterocycles. The molecular weight excluding hydrogens is 208 g/mol. The summed E-state index contributed by atoms with van der Waals surface area (Å²) in [6.45, 7) is 0. The zero-order valence-electron chi connectivity index (χ0n) is 8.38. The fourth-order valence-corrected chi connectivity index (χ4v) is 2.95. The Balaban J connectivity index is 2.23. The molecule has 1 aromatic heterocycles. The zero-order valence-corrected chi connectivity index (χ0v) is 9.19. The molecule has 2 rings (SSSR count). The molecular formula is C12H12O2S. The maximum atomic E-state index is 10.3. The predicted octanol–water partition coefficient (Wildman–Crippen LogP) is 2.45. The van der Waals surface area contributed by atoms with E-state index in [0.29, 0.717) is 0 Å². The van der Waals surface area contributed by atoms with E-state index in [1.54, 1.807) is 11.3 Å². The van der Waals surface area contributed by atoms with Gasteiger partial charge < -0.3 is 5.11 Å². The van der Waals surface area contributed by atoms with E-state index in [9.17, 15) is 4.79 Å². The van der Waals surface area contributed by atoms with Gasteiger partial charge in [-0.2, -0.15) is 0 Å². The van der Waals surface area contributed by atoms with Gasteiger partial charge in [0.05, 0.1) is 4.88 Å². The lowest BCUT2D eigenvalue weighted by atomic mass is 10.1. The fourth-order valence-electron chi connectivity index (χ4n) is 1.84. The van der Waals surface area contributed by atoms with Crippen LogP contribution in [-0.2, 0) is 17.6 Å². The van der Waals surface area contributed by atoms with Crippen LogP contribution in [0, 0.1) is 11.8 Å². The summed E-state index contributed by atoms with van der Waals surface area (Å²) in [6, 6.07) is 2.06. The molecule has 0 spiro atoms. The number of carboxylic acids is 1. The summed E-state index contributed by atoms with van der Waals surface area (Å²) in [5.74, 6) is 3.80. The molecule has 0 bridgehead atoms. The number of thiophene rings is 1. The van der Waals surface area contributed by atoms with Gasteiger partial charge in [0, 0.05) is 10.8 Å². The molecule has 1 aromatic rings. The third-order valence-corrected chi connectivity index (χ3v) is 3.69. The van der Waals surface area contributed by atoms with Gasteiger partial charge >= 0.3 is 5.97 Å². The van der Waals surface area contributed by atoms with Gasteiger partial charge in [-0.05, 0) is 43.2 Å². The first-order valence-electron chi connectivity index (χ1n) is 5.12. The molecule has 1 heterocycles. The van der Waals surface area contributed by atoms with Crippen LogP contribution < -0.4 is 0 Å². The summed E-state index contributed by atoms with van der Waals surface area (Å²) in [5, 5.41) is 8.45. The van der Waals surface area contributed by atoms with Gasteiger partial charge in [-0.3, -0.25) is 0 Å². The lowest BCUT2D eigenvalue weighted by molar-refractivity contribution is -0.130. The van der Waals surface area contributed by atoms with Gasteiger partial charge in [-0.25, -0.2) is 4.79 Å². The van der Waals surface area contributed by atoms with E-state index in [-0.39, 0.29) is 0 Å². The highest BCUT2D eigenvalue weighted by atomic mass is 32.1. The molecule has 0 atom stereocenters. The van der Waals surface area contributed by atoms with Crippen LogP contribution >= 0.6 is 11.3 Å². The summed E-state index contributed by atoms with van der Waals surface area (Å²) in [4.78, 5) is 12.6. The van der Waals surface area contributed by atoms with Gasteiger partial charge in [0.1, 0.15) is 0 Å². The predicted molar refractivity (Wildman–Crippen MR) is 60.1 cm³/mol. The van der Waals surface area contributed by atoms with Gasteiger partial charge in [0.2, 0.25) is 0 Å². The molecule has 15 heavy (non-hydrogen) atoms. The van der Waals surface area contributed by atoms with Crippen molar-refractivity contribution in [2.75, 3.05) is 0 Å². The van der Waals surface area contributed by atoms with Crippen LogP contribution in [0.4, 0.5) is 0 Å². The number of aryl methyl sites for hydroxylation is 2. The first-order chi connectivity index (χ1) is 7.25. The highest BCUT2D eigenvalue weighted by Gasteiger charge is 2.11. The molecule has 3 heteroatoms. The van der Waals surface area contributed by atoms with Crippen LogP contribution in [0.2, 0.25) is 0 Å². The number of carboxylic acid groups (broad SMARTS) is 1. The smallest absolute Gasteiger partial charge is 0.382 e. The Morgan fingerprint density at radius 2 is 2.13 bits per heavy atom. The van der Waals surface area contributed by atoms with Crippen molar-refractivity contribution in [2.24, 2.45) is 0 Å². The van der Waals surface area contributed by atoms with Crippen molar-refractivity contribution >= 4 is 17.3 Å². The maximum Gasteiger partial charge on any atom is 0.382 e. The SMILES string of the molecule is O=C(O)C#Cc1cc2c(s1)CCCCC2. The highest BCUT2D eigenvalue weighted by molar-refractivity contribution is 7.12. The molecule has 1 N–H and O–H groups in total. The Labute approximate surface area is 92.9 Å². The molecule has 78 valence electrons. The molecule has 0 aromatic carbocycles. The molecule has 0 saturated carbocycles. The average Bonchev–Trinajstić information content (AvgIpc) is 2.46. The van der Waals surface area contributed by atoms with Crippen molar-refractivity contribution in [1.82, 2.24) is 0 Å². The van der Waals surface area contributed by atoms with Crippen LogP contribution in [0.15, 0.2) is 6.07 Å². The lowest BCUT2D eigenvalue weighted by Gasteiger charge is -1.92. The van der Waals surface area contributed by atoms with Crippen LogP contribution in [0.5, 0.6) is 0 Å². The number of hydrogen-bond donors (Lipinski definition) is 1. The second-order valence-electron chi connectivity index (χ2n) is 3.67. The molecule has 1 aliphatic rings. The molecule has 0 unspecified atom stereocenters. The van der Waals surface area contributed by atoms with Crippen LogP contribution in [0.1, 0.15) is 34.6 Å². The van der Waals surface area contributed by atoms with E-state index in [4.69, 9.17) is 5.11 Å². The summed E-state index contributed by atoms with van der Waals surface area (Å²) in [7, 11) is 0. The Morgan fingerprint density at radius 3 is 2.93 bits per heavy atom.